The Hall–Kier alpha value is -3.60. The lowest BCUT2D eigenvalue weighted by atomic mass is 10.2. The summed E-state index contributed by atoms with van der Waals surface area (Å²) in [6, 6.07) is 12.5. The Morgan fingerprint density at radius 3 is 2.69 bits per heavy atom. The van der Waals surface area contributed by atoms with Gasteiger partial charge in [0.2, 0.25) is 5.91 Å². The van der Waals surface area contributed by atoms with Gasteiger partial charge >= 0.3 is 0 Å². The van der Waals surface area contributed by atoms with Gasteiger partial charge in [-0.2, -0.15) is 5.26 Å². The highest BCUT2D eigenvalue weighted by molar-refractivity contribution is 5.98. The van der Waals surface area contributed by atoms with Gasteiger partial charge in [0, 0.05) is 32.4 Å². The van der Waals surface area contributed by atoms with Crippen molar-refractivity contribution < 1.29 is 14.3 Å². The van der Waals surface area contributed by atoms with E-state index in [0.29, 0.717) is 49.7 Å². The van der Waals surface area contributed by atoms with Crippen molar-refractivity contribution in [1.82, 2.24) is 15.2 Å². The van der Waals surface area contributed by atoms with Crippen molar-refractivity contribution in [3.8, 4) is 11.8 Å². The first-order valence-corrected chi connectivity index (χ1v) is 9.51. The lowest BCUT2D eigenvalue weighted by Gasteiger charge is -2.35. The zero-order chi connectivity index (χ0) is 20.6. The first-order chi connectivity index (χ1) is 14.1. The second kappa shape index (κ2) is 9.55. The monoisotopic (exact) mass is 393 g/mol. The number of nitrogens with one attached hydrogen (secondary N) is 1. The summed E-state index contributed by atoms with van der Waals surface area (Å²) in [4.78, 5) is 33.0. The fraction of sp³-hybridized carbons (Fsp3) is 0.333. The van der Waals surface area contributed by atoms with Crippen molar-refractivity contribution in [2.24, 2.45) is 0 Å². The number of hydrogen-bond donors (Lipinski definition) is 1. The van der Waals surface area contributed by atoms with Crippen molar-refractivity contribution in [2.75, 3.05) is 44.2 Å². The number of ether oxygens (including phenoxy) is 1. The molecule has 0 saturated carbocycles. The summed E-state index contributed by atoms with van der Waals surface area (Å²) < 4.78 is 5.46. The number of amides is 2. The van der Waals surface area contributed by atoms with Crippen LogP contribution in [-0.4, -0.2) is 61.0 Å². The maximum atomic E-state index is 12.5. The number of nitriles is 1. The summed E-state index contributed by atoms with van der Waals surface area (Å²) >= 11 is 0. The Bertz CT molecular complexity index is 917. The van der Waals surface area contributed by atoms with Crippen LogP contribution in [0.25, 0.3) is 0 Å². The molecule has 1 N–H and O–H groups in total. The van der Waals surface area contributed by atoms with E-state index in [1.807, 2.05) is 11.8 Å². The first kappa shape index (κ1) is 20.1. The van der Waals surface area contributed by atoms with E-state index in [9.17, 15) is 9.59 Å². The van der Waals surface area contributed by atoms with Crippen LogP contribution < -0.4 is 15.0 Å². The van der Waals surface area contributed by atoms with Crippen LogP contribution in [0, 0.1) is 11.3 Å². The fourth-order valence-corrected chi connectivity index (χ4v) is 3.14. The highest BCUT2D eigenvalue weighted by Crippen LogP contribution is 2.18. The summed E-state index contributed by atoms with van der Waals surface area (Å²) in [5, 5.41) is 11.7. The molecule has 0 aliphatic carbocycles. The molecule has 1 aliphatic rings. The summed E-state index contributed by atoms with van der Waals surface area (Å²) in [5.74, 6) is 0.766. The molecule has 2 aromatic rings. The van der Waals surface area contributed by atoms with Crippen LogP contribution in [-0.2, 0) is 4.79 Å². The maximum Gasteiger partial charge on any atom is 0.255 e. The van der Waals surface area contributed by atoms with E-state index in [1.165, 1.54) is 0 Å². The Labute approximate surface area is 169 Å². The minimum Gasteiger partial charge on any atom is -0.493 e. The summed E-state index contributed by atoms with van der Waals surface area (Å²) in [6.45, 7) is 4.54. The highest BCUT2D eigenvalue weighted by atomic mass is 16.5. The number of para-hydroxylation sites is 1. The average molecular weight is 393 g/mol. The topological polar surface area (TPSA) is 98.6 Å². The predicted octanol–water partition coefficient (Wildman–Crippen LogP) is 1.43. The van der Waals surface area contributed by atoms with Gasteiger partial charge in [0.15, 0.2) is 0 Å². The molecule has 0 spiro atoms. The third kappa shape index (κ3) is 5.02. The fourth-order valence-electron chi connectivity index (χ4n) is 3.14. The van der Waals surface area contributed by atoms with Gasteiger partial charge in [0.1, 0.15) is 11.6 Å². The molecule has 8 nitrogen and oxygen atoms in total. The number of carbonyl (C=O) groups excluding carboxylic acids is 2. The van der Waals surface area contributed by atoms with Crippen LogP contribution in [0.1, 0.15) is 22.8 Å². The van der Waals surface area contributed by atoms with Crippen LogP contribution in [0.4, 0.5) is 5.82 Å². The van der Waals surface area contributed by atoms with E-state index in [2.05, 4.69) is 16.4 Å². The smallest absolute Gasteiger partial charge is 0.255 e. The van der Waals surface area contributed by atoms with E-state index in [4.69, 9.17) is 10.00 Å². The number of hydrogen-bond acceptors (Lipinski definition) is 6. The molecule has 8 heteroatoms. The molecule has 29 heavy (non-hydrogen) atoms. The van der Waals surface area contributed by atoms with Crippen LogP contribution in [0.2, 0.25) is 0 Å². The van der Waals surface area contributed by atoms with Gasteiger partial charge in [-0.15, -0.1) is 0 Å². The van der Waals surface area contributed by atoms with E-state index >= 15 is 0 Å². The number of nitrogens with zero attached hydrogens (tertiary/aromatic N) is 4. The Morgan fingerprint density at radius 2 is 1.97 bits per heavy atom. The van der Waals surface area contributed by atoms with Crippen molar-refractivity contribution in [3.63, 3.8) is 0 Å². The van der Waals surface area contributed by atoms with Gasteiger partial charge in [0.25, 0.3) is 5.91 Å². The molecule has 2 amide bonds. The molecule has 0 unspecified atom stereocenters. The predicted molar refractivity (Wildman–Crippen MR) is 108 cm³/mol. The number of rotatable bonds is 6. The van der Waals surface area contributed by atoms with E-state index in [0.717, 1.165) is 5.82 Å². The van der Waals surface area contributed by atoms with Gasteiger partial charge < -0.3 is 19.9 Å². The van der Waals surface area contributed by atoms with Crippen LogP contribution >= 0.6 is 0 Å². The number of pyridine rings is 1. The van der Waals surface area contributed by atoms with Gasteiger partial charge in [-0.25, -0.2) is 4.98 Å². The van der Waals surface area contributed by atoms with Crippen LogP contribution in [0.15, 0.2) is 42.6 Å². The van der Waals surface area contributed by atoms with Crippen LogP contribution in [0.5, 0.6) is 5.75 Å². The molecule has 0 radical (unpaired) electrons. The molecule has 1 aliphatic heterocycles. The molecule has 2 heterocycles. The molecular formula is C21H23N5O3. The Balaban J connectivity index is 1.51. The molecule has 0 atom stereocenters. The van der Waals surface area contributed by atoms with Crippen molar-refractivity contribution in [3.05, 3.63) is 53.7 Å². The standard InChI is InChI=1S/C21H23N5O3/c1-2-29-18-6-4-3-5-17(18)21(28)24-15-20(27)26-11-9-25(10-12-26)19-13-16(14-22)7-8-23-19/h3-8,13H,2,9-12,15H2,1H3,(H,24,28). The zero-order valence-electron chi connectivity index (χ0n) is 16.3. The lowest BCUT2D eigenvalue weighted by molar-refractivity contribution is -0.130. The second-order valence-electron chi connectivity index (χ2n) is 6.49. The number of anilines is 1. The SMILES string of the molecule is CCOc1ccccc1C(=O)NCC(=O)N1CCN(c2cc(C#N)ccn2)CC1. The first-order valence-electron chi connectivity index (χ1n) is 9.51. The molecule has 3 rings (SSSR count). The molecule has 150 valence electrons. The minimum atomic E-state index is -0.335. The minimum absolute atomic E-state index is 0.0680. The van der Waals surface area contributed by atoms with E-state index in [-0.39, 0.29) is 18.4 Å². The summed E-state index contributed by atoms with van der Waals surface area (Å²) in [7, 11) is 0. The highest BCUT2D eigenvalue weighted by Gasteiger charge is 2.23. The molecule has 1 aromatic carbocycles. The molecule has 1 aromatic heterocycles. The average Bonchev–Trinajstić information content (AvgIpc) is 2.78. The number of carbonyl (C=O) groups is 2. The summed E-state index contributed by atoms with van der Waals surface area (Å²) in [5.41, 5.74) is 0.971. The van der Waals surface area contributed by atoms with Gasteiger partial charge in [-0.05, 0) is 31.2 Å². The molecule has 0 bridgehead atoms. The third-order valence-corrected chi connectivity index (χ3v) is 4.66. The molecule has 1 saturated heterocycles. The maximum absolute atomic E-state index is 12.5. The lowest BCUT2D eigenvalue weighted by Crippen LogP contribution is -2.51. The zero-order valence-corrected chi connectivity index (χ0v) is 16.3. The third-order valence-electron chi connectivity index (χ3n) is 4.66. The number of benzene rings is 1. The Kier molecular flexibility index (Phi) is 6.63. The van der Waals surface area contributed by atoms with Crippen molar-refractivity contribution in [1.29, 1.82) is 5.26 Å². The quantitative estimate of drug-likeness (QED) is 0.797. The molecular weight excluding hydrogens is 370 g/mol. The number of aromatic nitrogens is 1. The number of piperazine rings is 1. The molecule has 1 fully saturated rings. The largest absolute Gasteiger partial charge is 0.493 e. The van der Waals surface area contributed by atoms with Gasteiger partial charge in [-0.3, -0.25) is 9.59 Å². The van der Waals surface area contributed by atoms with Gasteiger partial charge in [-0.1, -0.05) is 12.1 Å². The van der Waals surface area contributed by atoms with Crippen molar-refractivity contribution in [2.45, 2.75) is 6.92 Å². The second-order valence-corrected chi connectivity index (χ2v) is 6.49. The van der Waals surface area contributed by atoms with E-state index < -0.39 is 0 Å². The van der Waals surface area contributed by atoms with Crippen molar-refractivity contribution >= 4 is 17.6 Å². The van der Waals surface area contributed by atoms with Gasteiger partial charge in [0.05, 0.1) is 30.3 Å². The summed E-state index contributed by atoms with van der Waals surface area (Å²) in [6.07, 6.45) is 1.61. The van der Waals surface area contributed by atoms with E-state index in [1.54, 1.807) is 47.5 Å². The normalized spacial score (nSPS) is 13.5. The Morgan fingerprint density at radius 1 is 1.21 bits per heavy atom. The van der Waals surface area contributed by atoms with Crippen LogP contribution in [0.3, 0.4) is 0 Å².